The van der Waals surface area contributed by atoms with E-state index in [1.807, 2.05) is 6.07 Å². The average molecular weight is 216 g/mol. The summed E-state index contributed by atoms with van der Waals surface area (Å²) in [5.74, 6) is 0.957. The third-order valence-corrected chi connectivity index (χ3v) is 2.69. The molecule has 16 heavy (non-hydrogen) atoms. The van der Waals surface area contributed by atoms with E-state index in [9.17, 15) is 0 Å². The summed E-state index contributed by atoms with van der Waals surface area (Å²) in [5.41, 5.74) is 2.90. The van der Waals surface area contributed by atoms with Crippen LogP contribution in [0.4, 0.5) is 0 Å². The fourth-order valence-electron chi connectivity index (χ4n) is 1.89. The Morgan fingerprint density at radius 3 is 3.00 bits per heavy atom. The molecule has 0 radical (unpaired) electrons. The van der Waals surface area contributed by atoms with Crippen LogP contribution in [0.15, 0.2) is 6.07 Å². The minimum Gasteiger partial charge on any atom is -0.476 e. The quantitative estimate of drug-likeness (QED) is 0.779. The van der Waals surface area contributed by atoms with Gasteiger partial charge in [0.05, 0.1) is 6.61 Å². The highest BCUT2D eigenvalue weighted by atomic mass is 16.5. The van der Waals surface area contributed by atoms with Crippen molar-refractivity contribution in [2.45, 2.75) is 33.1 Å². The molecule has 0 spiro atoms. The van der Waals surface area contributed by atoms with Gasteiger partial charge in [-0.3, -0.25) is 0 Å². The highest BCUT2D eigenvalue weighted by Crippen LogP contribution is 2.26. The van der Waals surface area contributed by atoms with Crippen LogP contribution in [0.3, 0.4) is 0 Å². The van der Waals surface area contributed by atoms with Crippen LogP contribution < -0.4 is 4.74 Å². The van der Waals surface area contributed by atoms with Gasteiger partial charge in [-0.05, 0) is 36.8 Å². The Hall–Kier alpha value is -1.56. The lowest BCUT2D eigenvalue weighted by Crippen LogP contribution is -2.08. The van der Waals surface area contributed by atoms with Crippen molar-refractivity contribution in [1.82, 2.24) is 4.98 Å². The average Bonchev–Trinajstić information content (AvgIpc) is 2.71. The summed E-state index contributed by atoms with van der Waals surface area (Å²) in [7, 11) is 0. The van der Waals surface area contributed by atoms with Crippen molar-refractivity contribution in [2.75, 3.05) is 6.61 Å². The summed E-state index contributed by atoms with van der Waals surface area (Å²) in [6, 6.07) is 4.10. The van der Waals surface area contributed by atoms with Crippen molar-refractivity contribution >= 4 is 0 Å². The molecule has 0 aliphatic heterocycles. The lowest BCUT2D eigenvalue weighted by molar-refractivity contribution is 0.260. The Morgan fingerprint density at radius 2 is 2.31 bits per heavy atom. The maximum Gasteiger partial charge on any atom is 0.231 e. The normalized spacial score (nSPS) is 13.6. The highest BCUT2D eigenvalue weighted by Gasteiger charge is 2.17. The molecule has 2 rings (SSSR count). The van der Waals surface area contributed by atoms with Crippen molar-refractivity contribution in [3.63, 3.8) is 0 Å². The standard InChI is InChI=1S/C13H16N2O/c1-9(2)8-16-13-11(7-14)6-10-4-3-5-12(10)15-13/h6,9H,3-5,8H2,1-2H3. The number of hydrogen-bond acceptors (Lipinski definition) is 3. The fraction of sp³-hybridized carbons (Fsp3) is 0.538. The van der Waals surface area contributed by atoms with E-state index in [0.29, 0.717) is 24.0 Å². The van der Waals surface area contributed by atoms with E-state index in [1.54, 1.807) is 0 Å². The summed E-state index contributed by atoms with van der Waals surface area (Å²) in [4.78, 5) is 4.45. The lowest BCUT2D eigenvalue weighted by Gasteiger charge is -2.10. The van der Waals surface area contributed by atoms with Gasteiger partial charge in [0.15, 0.2) is 0 Å². The molecule has 0 unspecified atom stereocenters. The van der Waals surface area contributed by atoms with E-state index < -0.39 is 0 Å². The number of pyridine rings is 1. The molecular weight excluding hydrogens is 200 g/mol. The summed E-state index contributed by atoms with van der Waals surface area (Å²) in [5, 5.41) is 9.04. The molecule has 0 saturated carbocycles. The molecule has 1 aromatic heterocycles. The topological polar surface area (TPSA) is 45.9 Å². The van der Waals surface area contributed by atoms with Gasteiger partial charge in [0, 0.05) is 5.69 Å². The lowest BCUT2D eigenvalue weighted by atomic mass is 10.1. The van der Waals surface area contributed by atoms with E-state index >= 15 is 0 Å². The van der Waals surface area contributed by atoms with Gasteiger partial charge < -0.3 is 4.74 Å². The van der Waals surface area contributed by atoms with Crippen LogP contribution in [-0.4, -0.2) is 11.6 Å². The molecule has 0 bridgehead atoms. The molecule has 0 fully saturated rings. The number of hydrogen-bond donors (Lipinski definition) is 0. The maximum absolute atomic E-state index is 9.04. The molecule has 0 atom stereocenters. The smallest absolute Gasteiger partial charge is 0.231 e. The van der Waals surface area contributed by atoms with E-state index in [4.69, 9.17) is 10.00 Å². The Labute approximate surface area is 96.1 Å². The number of nitriles is 1. The van der Waals surface area contributed by atoms with Gasteiger partial charge in [-0.25, -0.2) is 4.98 Å². The Kier molecular flexibility index (Phi) is 3.09. The first-order valence-electron chi connectivity index (χ1n) is 5.76. The number of nitrogens with zero attached hydrogens (tertiary/aromatic N) is 2. The minimum atomic E-state index is 0.446. The van der Waals surface area contributed by atoms with Gasteiger partial charge in [-0.1, -0.05) is 13.8 Å². The molecule has 0 N–H and O–H groups in total. The minimum absolute atomic E-state index is 0.446. The Balaban J connectivity index is 2.26. The van der Waals surface area contributed by atoms with Crippen molar-refractivity contribution < 1.29 is 4.74 Å². The fourth-order valence-corrected chi connectivity index (χ4v) is 1.89. The third kappa shape index (κ3) is 2.16. The zero-order valence-electron chi connectivity index (χ0n) is 9.79. The first kappa shape index (κ1) is 10.9. The molecule has 1 aromatic rings. The molecule has 0 amide bonds. The third-order valence-electron chi connectivity index (χ3n) is 2.69. The van der Waals surface area contributed by atoms with Crippen LogP contribution in [0.25, 0.3) is 0 Å². The monoisotopic (exact) mass is 216 g/mol. The first-order chi connectivity index (χ1) is 7.70. The number of aryl methyl sites for hydroxylation is 2. The largest absolute Gasteiger partial charge is 0.476 e. The zero-order valence-corrected chi connectivity index (χ0v) is 9.79. The van der Waals surface area contributed by atoms with Crippen molar-refractivity contribution in [3.8, 4) is 11.9 Å². The van der Waals surface area contributed by atoms with Crippen LogP contribution >= 0.6 is 0 Å². The summed E-state index contributed by atoms with van der Waals surface area (Å²) < 4.78 is 5.58. The first-order valence-corrected chi connectivity index (χ1v) is 5.76. The number of fused-ring (bicyclic) bond motifs is 1. The van der Waals surface area contributed by atoms with Crippen LogP contribution in [-0.2, 0) is 12.8 Å². The molecule has 0 aromatic carbocycles. The SMILES string of the molecule is CC(C)COc1nc2c(cc1C#N)CCC2. The highest BCUT2D eigenvalue weighted by molar-refractivity contribution is 5.44. The zero-order chi connectivity index (χ0) is 11.5. The van der Waals surface area contributed by atoms with Crippen molar-refractivity contribution in [3.05, 3.63) is 22.9 Å². The van der Waals surface area contributed by atoms with Crippen molar-refractivity contribution in [2.24, 2.45) is 5.92 Å². The molecule has 1 aliphatic carbocycles. The molecule has 3 nitrogen and oxygen atoms in total. The number of aromatic nitrogens is 1. The van der Waals surface area contributed by atoms with Crippen LogP contribution in [0, 0.1) is 17.2 Å². The predicted molar refractivity (Wildman–Crippen MR) is 61.3 cm³/mol. The molecule has 0 saturated heterocycles. The maximum atomic E-state index is 9.04. The van der Waals surface area contributed by atoms with E-state index in [-0.39, 0.29) is 0 Å². The van der Waals surface area contributed by atoms with Crippen LogP contribution in [0.2, 0.25) is 0 Å². The van der Waals surface area contributed by atoms with E-state index in [1.165, 1.54) is 5.56 Å². The van der Waals surface area contributed by atoms with Gasteiger partial charge in [-0.15, -0.1) is 0 Å². The van der Waals surface area contributed by atoms with Crippen molar-refractivity contribution in [1.29, 1.82) is 5.26 Å². The van der Waals surface area contributed by atoms with Gasteiger partial charge in [0.25, 0.3) is 0 Å². The van der Waals surface area contributed by atoms with Gasteiger partial charge in [0.2, 0.25) is 5.88 Å². The molecule has 1 heterocycles. The van der Waals surface area contributed by atoms with Gasteiger partial charge in [0.1, 0.15) is 11.6 Å². The second-order valence-corrected chi connectivity index (χ2v) is 4.62. The molecule has 1 aliphatic rings. The van der Waals surface area contributed by atoms with Gasteiger partial charge >= 0.3 is 0 Å². The predicted octanol–water partition coefficient (Wildman–Crippen LogP) is 2.48. The van der Waals surface area contributed by atoms with E-state index in [0.717, 1.165) is 25.0 Å². The molecular formula is C13H16N2O. The summed E-state index contributed by atoms with van der Waals surface area (Å²) in [6.45, 7) is 4.78. The van der Waals surface area contributed by atoms with Gasteiger partial charge in [-0.2, -0.15) is 5.26 Å². The summed E-state index contributed by atoms with van der Waals surface area (Å²) >= 11 is 0. The molecule has 3 heteroatoms. The van der Waals surface area contributed by atoms with Crippen LogP contribution in [0.1, 0.15) is 37.1 Å². The van der Waals surface area contributed by atoms with Crippen LogP contribution in [0.5, 0.6) is 5.88 Å². The van der Waals surface area contributed by atoms with E-state index in [2.05, 4.69) is 24.9 Å². The second-order valence-electron chi connectivity index (χ2n) is 4.62. The second kappa shape index (κ2) is 4.52. The summed E-state index contributed by atoms with van der Waals surface area (Å²) in [6.07, 6.45) is 3.20. The Bertz CT molecular complexity index is 432. The Morgan fingerprint density at radius 1 is 1.50 bits per heavy atom. The number of rotatable bonds is 3. The number of ether oxygens (including phenoxy) is 1. The molecule has 84 valence electrons.